The van der Waals surface area contributed by atoms with Crippen molar-refractivity contribution in [1.29, 1.82) is 0 Å². The monoisotopic (exact) mass is 243 g/mol. The van der Waals surface area contributed by atoms with E-state index in [0.29, 0.717) is 22.7 Å². The summed E-state index contributed by atoms with van der Waals surface area (Å²) < 4.78 is 10.3. The van der Waals surface area contributed by atoms with Crippen molar-refractivity contribution in [1.82, 2.24) is 0 Å². The molecular formula is C14H13NO3. The molecule has 0 fully saturated rings. The number of nitrogens with two attached hydrogens (primary N) is 1. The molecule has 2 aromatic carbocycles. The fourth-order valence-corrected chi connectivity index (χ4v) is 1.55. The van der Waals surface area contributed by atoms with Crippen molar-refractivity contribution in [2.24, 2.45) is 0 Å². The van der Waals surface area contributed by atoms with Crippen molar-refractivity contribution < 1.29 is 14.3 Å². The number of carbonyl (C=O) groups excluding carboxylic acids is 1. The number of nitrogen functional groups attached to an aromatic ring is 1. The van der Waals surface area contributed by atoms with Gasteiger partial charge in [0.15, 0.2) is 5.75 Å². The Morgan fingerprint density at radius 1 is 1.06 bits per heavy atom. The van der Waals surface area contributed by atoms with Gasteiger partial charge in [0.25, 0.3) is 0 Å². The summed E-state index contributed by atoms with van der Waals surface area (Å²) in [6.07, 6.45) is 0. The Labute approximate surface area is 105 Å². The fraction of sp³-hybridized carbons (Fsp3) is 0.0714. The van der Waals surface area contributed by atoms with Gasteiger partial charge in [0.05, 0.1) is 12.8 Å². The third-order valence-electron chi connectivity index (χ3n) is 2.41. The van der Waals surface area contributed by atoms with Crippen molar-refractivity contribution in [3.05, 3.63) is 54.1 Å². The number of carbonyl (C=O) groups is 1. The summed E-state index contributed by atoms with van der Waals surface area (Å²) >= 11 is 0. The van der Waals surface area contributed by atoms with E-state index in [1.807, 2.05) is 18.2 Å². The average molecular weight is 243 g/mol. The van der Waals surface area contributed by atoms with Gasteiger partial charge in [-0.15, -0.1) is 0 Å². The summed E-state index contributed by atoms with van der Waals surface area (Å²) in [6.45, 7) is 0. The molecule has 0 saturated carbocycles. The van der Waals surface area contributed by atoms with Crippen LogP contribution in [0.15, 0.2) is 48.5 Å². The van der Waals surface area contributed by atoms with Gasteiger partial charge >= 0.3 is 5.97 Å². The van der Waals surface area contributed by atoms with Crippen LogP contribution in [0.25, 0.3) is 0 Å². The Bertz CT molecular complexity index is 552. The topological polar surface area (TPSA) is 61.5 Å². The highest BCUT2D eigenvalue weighted by atomic mass is 16.5. The van der Waals surface area contributed by atoms with E-state index >= 15 is 0 Å². The molecule has 0 spiro atoms. The molecule has 0 amide bonds. The molecule has 0 aliphatic rings. The first kappa shape index (κ1) is 12.0. The summed E-state index contributed by atoms with van der Waals surface area (Å²) in [5.74, 6) is 0.448. The van der Waals surface area contributed by atoms with Crippen LogP contribution in [0, 0.1) is 0 Å². The summed E-state index contributed by atoms with van der Waals surface area (Å²) in [7, 11) is 1.32. The minimum atomic E-state index is -0.478. The normalized spacial score (nSPS) is 9.83. The first-order valence-corrected chi connectivity index (χ1v) is 5.42. The van der Waals surface area contributed by atoms with Crippen molar-refractivity contribution >= 4 is 11.7 Å². The zero-order valence-electron chi connectivity index (χ0n) is 9.92. The zero-order valence-corrected chi connectivity index (χ0v) is 9.92. The van der Waals surface area contributed by atoms with Crippen LogP contribution in [0.4, 0.5) is 5.69 Å². The van der Waals surface area contributed by atoms with Gasteiger partial charge < -0.3 is 15.2 Å². The van der Waals surface area contributed by atoms with Crippen LogP contribution in [0.2, 0.25) is 0 Å². The lowest BCUT2D eigenvalue weighted by atomic mass is 10.1. The van der Waals surface area contributed by atoms with Crippen LogP contribution < -0.4 is 10.5 Å². The third kappa shape index (κ3) is 2.43. The number of hydrogen-bond donors (Lipinski definition) is 1. The highest BCUT2D eigenvalue weighted by molar-refractivity contribution is 5.94. The number of rotatable bonds is 3. The van der Waals surface area contributed by atoms with E-state index in [2.05, 4.69) is 0 Å². The van der Waals surface area contributed by atoms with E-state index in [9.17, 15) is 4.79 Å². The van der Waals surface area contributed by atoms with Crippen LogP contribution >= 0.6 is 0 Å². The quantitative estimate of drug-likeness (QED) is 0.665. The van der Waals surface area contributed by atoms with Crippen molar-refractivity contribution in [2.45, 2.75) is 0 Å². The van der Waals surface area contributed by atoms with Crippen molar-refractivity contribution in [2.75, 3.05) is 12.8 Å². The number of para-hydroxylation sites is 2. The maximum Gasteiger partial charge on any atom is 0.341 e. The molecule has 0 heterocycles. The molecule has 0 radical (unpaired) electrons. The summed E-state index contributed by atoms with van der Waals surface area (Å²) in [5.41, 5.74) is 6.53. The SMILES string of the molecule is COC(=O)c1cccc(N)c1Oc1ccccc1. The maximum atomic E-state index is 11.6. The summed E-state index contributed by atoms with van der Waals surface area (Å²) in [4.78, 5) is 11.6. The predicted molar refractivity (Wildman–Crippen MR) is 68.7 cm³/mol. The van der Waals surface area contributed by atoms with Gasteiger partial charge in [-0.1, -0.05) is 24.3 Å². The minimum Gasteiger partial charge on any atom is -0.465 e. The smallest absolute Gasteiger partial charge is 0.341 e. The molecule has 4 nitrogen and oxygen atoms in total. The minimum absolute atomic E-state index is 0.307. The molecule has 0 aromatic heterocycles. The van der Waals surface area contributed by atoms with Crippen molar-refractivity contribution in [3.8, 4) is 11.5 Å². The number of esters is 1. The summed E-state index contributed by atoms with van der Waals surface area (Å²) in [5, 5.41) is 0. The molecule has 0 aliphatic heterocycles. The number of methoxy groups -OCH3 is 1. The van der Waals surface area contributed by atoms with E-state index in [-0.39, 0.29) is 0 Å². The maximum absolute atomic E-state index is 11.6. The van der Waals surface area contributed by atoms with Crippen LogP contribution in [-0.4, -0.2) is 13.1 Å². The molecule has 4 heteroatoms. The van der Waals surface area contributed by atoms with Crippen molar-refractivity contribution in [3.63, 3.8) is 0 Å². The van der Waals surface area contributed by atoms with Gasteiger partial charge in [-0.25, -0.2) is 4.79 Å². The van der Waals surface area contributed by atoms with Gasteiger partial charge in [-0.2, -0.15) is 0 Å². The second-order valence-corrected chi connectivity index (χ2v) is 3.63. The molecule has 2 aromatic rings. The predicted octanol–water partition coefficient (Wildman–Crippen LogP) is 2.85. The highest BCUT2D eigenvalue weighted by Crippen LogP contribution is 2.31. The number of hydrogen-bond acceptors (Lipinski definition) is 4. The second-order valence-electron chi connectivity index (χ2n) is 3.63. The molecule has 92 valence electrons. The molecule has 0 saturated heterocycles. The zero-order chi connectivity index (χ0) is 13.0. The molecule has 0 atom stereocenters. The van der Waals surface area contributed by atoms with E-state index < -0.39 is 5.97 Å². The van der Waals surface area contributed by atoms with E-state index in [1.54, 1.807) is 30.3 Å². The largest absolute Gasteiger partial charge is 0.465 e. The van der Waals surface area contributed by atoms with E-state index in [0.717, 1.165) is 0 Å². The van der Waals surface area contributed by atoms with Gasteiger partial charge in [0, 0.05) is 0 Å². The average Bonchev–Trinajstić information content (AvgIpc) is 2.41. The third-order valence-corrected chi connectivity index (χ3v) is 2.41. The number of ether oxygens (including phenoxy) is 2. The molecule has 0 aliphatic carbocycles. The first-order chi connectivity index (χ1) is 8.72. The highest BCUT2D eigenvalue weighted by Gasteiger charge is 2.16. The Morgan fingerprint density at radius 2 is 1.78 bits per heavy atom. The lowest BCUT2D eigenvalue weighted by Gasteiger charge is -2.12. The molecule has 2 rings (SSSR count). The van der Waals surface area contributed by atoms with Crippen LogP contribution in [0.3, 0.4) is 0 Å². The van der Waals surface area contributed by atoms with Gasteiger partial charge in [0.1, 0.15) is 11.3 Å². The molecular weight excluding hydrogens is 230 g/mol. The van der Waals surface area contributed by atoms with Crippen LogP contribution in [-0.2, 0) is 4.74 Å². The van der Waals surface area contributed by atoms with E-state index in [1.165, 1.54) is 7.11 Å². The molecule has 2 N–H and O–H groups in total. The van der Waals surface area contributed by atoms with Crippen LogP contribution in [0.5, 0.6) is 11.5 Å². The van der Waals surface area contributed by atoms with Gasteiger partial charge in [-0.3, -0.25) is 0 Å². The Morgan fingerprint density at radius 3 is 2.44 bits per heavy atom. The standard InChI is InChI=1S/C14H13NO3/c1-17-14(16)11-8-5-9-12(15)13(11)18-10-6-3-2-4-7-10/h2-9H,15H2,1H3. The van der Waals surface area contributed by atoms with E-state index in [4.69, 9.17) is 15.2 Å². The molecule has 0 unspecified atom stereocenters. The van der Waals surface area contributed by atoms with Gasteiger partial charge in [-0.05, 0) is 24.3 Å². The molecule has 18 heavy (non-hydrogen) atoms. The Hall–Kier alpha value is -2.49. The molecule has 0 bridgehead atoms. The number of anilines is 1. The van der Waals surface area contributed by atoms with Gasteiger partial charge in [0.2, 0.25) is 0 Å². The Balaban J connectivity index is 2.40. The summed E-state index contributed by atoms with van der Waals surface area (Å²) in [6, 6.07) is 14.1. The number of benzene rings is 2. The lowest BCUT2D eigenvalue weighted by Crippen LogP contribution is -2.05. The second kappa shape index (κ2) is 5.23. The van der Waals surface area contributed by atoms with Crippen LogP contribution in [0.1, 0.15) is 10.4 Å². The first-order valence-electron chi connectivity index (χ1n) is 5.42. The lowest BCUT2D eigenvalue weighted by molar-refractivity contribution is 0.0598. The Kier molecular flexibility index (Phi) is 3.48. The fourth-order valence-electron chi connectivity index (χ4n) is 1.55.